The van der Waals surface area contributed by atoms with Crippen LogP contribution in [-0.2, 0) is 11.3 Å². The number of fused-ring (bicyclic) bond motifs is 1. The Morgan fingerprint density at radius 2 is 1.68 bits per heavy atom. The van der Waals surface area contributed by atoms with E-state index in [0.717, 1.165) is 17.5 Å². The van der Waals surface area contributed by atoms with Crippen LogP contribution in [0.25, 0.3) is 22.2 Å². The number of piperazine rings is 1. The maximum Gasteiger partial charge on any atom is 0.336 e. The van der Waals surface area contributed by atoms with Gasteiger partial charge in [-0.2, -0.15) is 0 Å². The average molecular weight is 375 g/mol. The highest BCUT2D eigenvalue weighted by atomic mass is 16.4. The molecule has 1 aliphatic heterocycles. The summed E-state index contributed by atoms with van der Waals surface area (Å²) in [6, 6.07) is 17.1. The lowest BCUT2D eigenvalue weighted by Gasteiger charge is -2.33. The van der Waals surface area contributed by atoms with Crippen LogP contribution in [0.2, 0.25) is 0 Å². The number of carbonyl (C=O) groups excluding carboxylic acids is 1. The molecule has 28 heavy (non-hydrogen) atoms. The largest absolute Gasteiger partial charge is 0.478 e. The Morgan fingerprint density at radius 1 is 1.00 bits per heavy atom. The molecule has 1 amide bonds. The second kappa shape index (κ2) is 7.78. The number of carboxylic acids is 1. The first-order chi connectivity index (χ1) is 13.7. The first kappa shape index (κ1) is 18.1. The predicted octanol–water partition coefficient (Wildman–Crippen LogP) is 2.87. The van der Waals surface area contributed by atoms with E-state index in [-0.39, 0.29) is 0 Å². The van der Waals surface area contributed by atoms with Crippen molar-refractivity contribution in [3.8, 4) is 11.3 Å². The molecule has 6 nitrogen and oxygen atoms in total. The van der Waals surface area contributed by atoms with Crippen LogP contribution in [-0.4, -0.2) is 58.4 Å². The van der Waals surface area contributed by atoms with Gasteiger partial charge in [-0.05, 0) is 6.07 Å². The van der Waals surface area contributed by atoms with Crippen molar-refractivity contribution in [3.63, 3.8) is 0 Å². The summed E-state index contributed by atoms with van der Waals surface area (Å²) >= 11 is 0. The van der Waals surface area contributed by atoms with E-state index < -0.39 is 5.97 Å². The minimum Gasteiger partial charge on any atom is -0.478 e. The number of benzene rings is 2. The van der Waals surface area contributed by atoms with E-state index in [1.165, 1.54) is 0 Å². The molecule has 2 heterocycles. The maximum atomic E-state index is 12.3. The van der Waals surface area contributed by atoms with Crippen molar-refractivity contribution in [2.75, 3.05) is 26.2 Å². The smallest absolute Gasteiger partial charge is 0.336 e. The van der Waals surface area contributed by atoms with Gasteiger partial charge in [-0.25, -0.2) is 9.78 Å². The molecule has 1 aromatic heterocycles. The lowest BCUT2D eigenvalue weighted by molar-refractivity contribution is -0.119. The SMILES string of the molecule is O=CN1CCN(Cc2c(-c3ccccc3)nc3ccccc3c2C(=O)O)CC1. The summed E-state index contributed by atoms with van der Waals surface area (Å²) in [6.45, 7) is 3.19. The number of carbonyl (C=O) groups is 2. The number of amides is 1. The van der Waals surface area contributed by atoms with Gasteiger partial charge in [-0.3, -0.25) is 9.69 Å². The molecule has 1 saturated heterocycles. The van der Waals surface area contributed by atoms with Crippen molar-refractivity contribution in [1.29, 1.82) is 0 Å². The molecule has 0 spiro atoms. The van der Waals surface area contributed by atoms with Gasteiger partial charge >= 0.3 is 5.97 Å². The quantitative estimate of drug-likeness (QED) is 0.694. The summed E-state index contributed by atoms with van der Waals surface area (Å²) in [4.78, 5) is 32.0. The molecule has 3 aromatic rings. The molecular weight excluding hydrogens is 354 g/mol. The van der Waals surface area contributed by atoms with Crippen LogP contribution in [0.4, 0.5) is 0 Å². The van der Waals surface area contributed by atoms with Crippen LogP contribution in [0.15, 0.2) is 54.6 Å². The molecule has 0 radical (unpaired) electrons. The maximum absolute atomic E-state index is 12.3. The average Bonchev–Trinajstić information content (AvgIpc) is 2.74. The van der Waals surface area contributed by atoms with Crippen LogP contribution in [0, 0.1) is 0 Å². The van der Waals surface area contributed by atoms with Crippen molar-refractivity contribution in [3.05, 3.63) is 65.7 Å². The molecule has 1 N–H and O–H groups in total. The molecular formula is C22H21N3O3. The van der Waals surface area contributed by atoms with Crippen molar-refractivity contribution in [2.24, 2.45) is 0 Å². The summed E-state index contributed by atoms with van der Waals surface area (Å²) in [5.41, 5.74) is 3.30. The number of aromatic nitrogens is 1. The highest BCUT2D eigenvalue weighted by Gasteiger charge is 2.24. The second-order valence-corrected chi connectivity index (χ2v) is 6.92. The number of aromatic carboxylic acids is 1. The summed E-state index contributed by atoms with van der Waals surface area (Å²) in [5.74, 6) is -0.947. The van der Waals surface area contributed by atoms with Gasteiger partial charge in [-0.1, -0.05) is 48.5 Å². The molecule has 0 bridgehead atoms. The molecule has 142 valence electrons. The van der Waals surface area contributed by atoms with E-state index in [2.05, 4.69) is 4.90 Å². The first-order valence-electron chi connectivity index (χ1n) is 9.29. The van der Waals surface area contributed by atoms with Crippen molar-refractivity contribution < 1.29 is 14.7 Å². The van der Waals surface area contributed by atoms with Gasteiger partial charge in [0.25, 0.3) is 0 Å². The molecule has 6 heteroatoms. The van der Waals surface area contributed by atoms with Crippen LogP contribution >= 0.6 is 0 Å². The molecule has 4 rings (SSSR count). The number of carboxylic acid groups (broad SMARTS) is 1. The van der Waals surface area contributed by atoms with E-state index >= 15 is 0 Å². The fourth-order valence-electron chi connectivity index (χ4n) is 3.73. The Hall–Kier alpha value is -3.25. The number of para-hydroxylation sites is 1. The van der Waals surface area contributed by atoms with Gasteiger partial charge < -0.3 is 10.0 Å². The van der Waals surface area contributed by atoms with Gasteiger partial charge in [0.05, 0.1) is 16.8 Å². The number of hydrogen-bond donors (Lipinski definition) is 1. The van der Waals surface area contributed by atoms with Crippen LogP contribution in [0.1, 0.15) is 15.9 Å². The Balaban J connectivity index is 1.85. The lowest BCUT2D eigenvalue weighted by atomic mass is 9.96. The first-order valence-corrected chi connectivity index (χ1v) is 9.29. The van der Waals surface area contributed by atoms with E-state index in [1.807, 2.05) is 54.6 Å². The highest BCUT2D eigenvalue weighted by Crippen LogP contribution is 2.31. The van der Waals surface area contributed by atoms with Crippen molar-refractivity contribution in [1.82, 2.24) is 14.8 Å². The third kappa shape index (κ3) is 3.46. The second-order valence-electron chi connectivity index (χ2n) is 6.92. The fraction of sp³-hybridized carbons (Fsp3) is 0.227. The molecule has 0 saturated carbocycles. The Bertz CT molecular complexity index is 1010. The van der Waals surface area contributed by atoms with E-state index in [4.69, 9.17) is 4.98 Å². The summed E-state index contributed by atoms with van der Waals surface area (Å²) in [7, 11) is 0. The van der Waals surface area contributed by atoms with E-state index in [9.17, 15) is 14.7 Å². The standard InChI is InChI=1S/C22H21N3O3/c26-15-25-12-10-24(11-13-25)14-18-20(22(27)28)17-8-4-5-9-19(17)23-21(18)16-6-2-1-3-7-16/h1-9,15H,10-14H2,(H,27,28). The zero-order chi connectivity index (χ0) is 19.5. The fourth-order valence-corrected chi connectivity index (χ4v) is 3.73. The van der Waals surface area contributed by atoms with Crippen LogP contribution in [0.3, 0.4) is 0 Å². The number of rotatable bonds is 5. The third-order valence-electron chi connectivity index (χ3n) is 5.19. The minimum atomic E-state index is -0.947. The molecule has 0 unspecified atom stereocenters. The number of nitrogens with zero attached hydrogens (tertiary/aromatic N) is 3. The van der Waals surface area contributed by atoms with Crippen LogP contribution in [0.5, 0.6) is 0 Å². The molecule has 2 aromatic carbocycles. The Kier molecular flexibility index (Phi) is 5.04. The Labute approximate surface area is 163 Å². The normalized spacial score (nSPS) is 14.9. The van der Waals surface area contributed by atoms with Crippen molar-refractivity contribution >= 4 is 23.3 Å². The van der Waals surface area contributed by atoms with Gasteiger partial charge in [-0.15, -0.1) is 0 Å². The minimum absolute atomic E-state index is 0.308. The van der Waals surface area contributed by atoms with Gasteiger partial charge in [0.2, 0.25) is 6.41 Å². The lowest BCUT2D eigenvalue weighted by Crippen LogP contribution is -2.45. The summed E-state index contributed by atoms with van der Waals surface area (Å²) < 4.78 is 0. The molecule has 0 aliphatic carbocycles. The molecule has 0 atom stereocenters. The zero-order valence-corrected chi connectivity index (χ0v) is 15.4. The van der Waals surface area contributed by atoms with Crippen molar-refractivity contribution in [2.45, 2.75) is 6.54 Å². The summed E-state index contributed by atoms with van der Waals surface area (Å²) in [6.07, 6.45) is 0.868. The van der Waals surface area contributed by atoms with Gasteiger partial charge in [0.15, 0.2) is 0 Å². The van der Waals surface area contributed by atoms with Gasteiger partial charge in [0, 0.05) is 49.2 Å². The van der Waals surface area contributed by atoms with E-state index in [1.54, 1.807) is 4.90 Å². The predicted molar refractivity (Wildman–Crippen MR) is 107 cm³/mol. The van der Waals surface area contributed by atoms with Crippen LogP contribution < -0.4 is 0 Å². The summed E-state index contributed by atoms with van der Waals surface area (Å²) in [5, 5.41) is 10.7. The Morgan fingerprint density at radius 3 is 2.36 bits per heavy atom. The number of hydrogen-bond acceptors (Lipinski definition) is 4. The van der Waals surface area contributed by atoms with E-state index in [0.29, 0.717) is 54.9 Å². The molecule has 1 aliphatic rings. The molecule has 1 fully saturated rings. The highest BCUT2D eigenvalue weighted by molar-refractivity contribution is 6.05. The topological polar surface area (TPSA) is 73.7 Å². The number of pyridine rings is 1. The zero-order valence-electron chi connectivity index (χ0n) is 15.4. The monoisotopic (exact) mass is 375 g/mol. The van der Waals surface area contributed by atoms with Gasteiger partial charge in [0.1, 0.15) is 0 Å². The third-order valence-corrected chi connectivity index (χ3v) is 5.19.